The average molecular weight is 2170 g/mol. The highest BCUT2D eigenvalue weighted by Crippen LogP contribution is 2.49. The number of aryl methyl sites for hydroxylation is 9. The van der Waals surface area contributed by atoms with Gasteiger partial charge in [0.15, 0.2) is 30.9 Å². The van der Waals surface area contributed by atoms with Crippen molar-refractivity contribution in [3.63, 3.8) is 0 Å². The smallest absolute Gasteiger partial charge is 0.190 e. The maximum Gasteiger partial charge on any atom is 0.190 e. The van der Waals surface area contributed by atoms with Gasteiger partial charge < -0.3 is 63.8 Å². The number of hydrogen-bond acceptors (Lipinski definition) is 36. The van der Waals surface area contributed by atoms with Gasteiger partial charge in [-0.2, -0.15) is 0 Å². The number of thiophene rings is 6. The SMILES string of the molecule is CC1CCCc2sc3nc(SCCN4CCCCC4)nc(N)c3c21.CC1CCc2c(sc3nc(SCCN4CCCCC4)nc(N)c23)C1.Nc1nc(SCCN2CCCC2)nc2sc3c(c12)CCC(c1ccccc1)C3.Nc1nc(SCCN2CCCC2)nc2sc3c(c12)CCCCC3.Nc1nc(SCCN2CCCCC2)nc2sc3c(c12)CCC3.Nc1nc(SCCN2CCCCC2)nc2sc3c(c12)CCCC3. The van der Waals surface area contributed by atoms with Gasteiger partial charge in [-0.15, -0.1) is 68.0 Å². The minimum Gasteiger partial charge on any atom is -0.383 e. The fraction of sp³-hybridized carbons (Fsp3) is 0.611. The van der Waals surface area contributed by atoms with Crippen LogP contribution in [0.1, 0.15) is 261 Å². The Morgan fingerprint density at radius 1 is 0.257 bits per heavy atom. The summed E-state index contributed by atoms with van der Waals surface area (Å²) in [5, 5.41) is 11.9. The number of hydrogen-bond donors (Lipinski definition) is 6. The highest BCUT2D eigenvalue weighted by Gasteiger charge is 2.32. The summed E-state index contributed by atoms with van der Waals surface area (Å²) >= 11 is 21.5. The molecule has 0 bridgehead atoms. The number of piperidine rings is 4. The molecule has 3 atom stereocenters. The van der Waals surface area contributed by atoms with E-state index in [4.69, 9.17) is 64.3 Å². The molecule has 0 amide bonds. The third kappa shape index (κ3) is 26.7. The van der Waals surface area contributed by atoms with Gasteiger partial charge in [-0.3, -0.25) is 0 Å². The lowest BCUT2D eigenvalue weighted by Crippen LogP contribution is -2.31. The average Bonchev–Trinajstić information content (AvgIpc) is 1.62. The maximum absolute atomic E-state index is 6.40. The summed E-state index contributed by atoms with van der Waals surface area (Å²) in [7, 11) is 0. The molecule has 25 rings (SSSR count). The van der Waals surface area contributed by atoms with Gasteiger partial charge in [0, 0.05) is 103 Å². The summed E-state index contributed by atoms with van der Waals surface area (Å²) in [6, 6.07) is 10.9. The number of anilines is 6. The largest absolute Gasteiger partial charge is 0.383 e. The van der Waals surface area contributed by atoms with E-state index < -0.39 is 0 Å². The van der Waals surface area contributed by atoms with Crippen LogP contribution in [-0.4, -0.2) is 242 Å². The van der Waals surface area contributed by atoms with E-state index in [1.807, 2.05) is 68.0 Å². The molecule has 0 saturated carbocycles. The van der Waals surface area contributed by atoms with E-state index in [1.165, 1.54) is 346 Å². The summed E-state index contributed by atoms with van der Waals surface area (Å²) in [5.74, 6) is 12.4. The summed E-state index contributed by atoms with van der Waals surface area (Å²) in [4.78, 5) is 87.2. The number of benzene rings is 1. The molecule has 6 fully saturated rings. The van der Waals surface area contributed by atoms with Crippen LogP contribution in [0, 0.1) is 5.92 Å². The molecule has 12 aromatic heterocycles. The Morgan fingerprint density at radius 3 is 0.889 bits per heavy atom. The molecule has 6 saturated heterocycles. The molecule has 6 aliphatic carbocycles. The summed E-state index contributed by atoms with van der Waals surface area (Å²) in [6.45, 7) is 26.4. The van der Waals surface area contributed by atoms with Crippen LogP contribution in [0.3, 0.4) is 0 Å². The molecule has 12 N–H and O–H groups in total. The topological polar surface area (TPSA) is 330 Å². The van der Waals surface area contributed by atoms with Gasteiger partial charge in [0.1, 0.15) is 63.9 Å². The Balaban J connectivity index is 0.000000106. The molecule has 36 heteroatoms. The summed E-state index contributed by atoms with van der Waals surface area (Å²) in [5.41, 5.74) is 47.8. The van der Waals surface area contributed by atoms with Crippen LogP contribution >= 0.6 is 139 Å². The highest BCUT2D eigenvalue weighted by atomic mass is 32.2. The van der Waals surface area contributed by atoms with Crippen molar-refractivity contribution in [2.45, 2.75) is 294 Å². The van der Waals surface area contributed by atoms with Gasteiger partial charge >= 0.3 is 0 Å². The molecule has 772 valence electrons. The number of fused-ring (bicyclic) bond motifs is 18. The molecule has 6 aliphatic heterocycles. The number of nitrogens with two attached hydrogens (primary N) is 6. The van der Waals surface area contributed by atoms with Crippen molar-refractivity contribution in [1.29, 1.82) is 0 Å². The number of likely N-dealkylation sites (tertiary alicyclic amines) is 6. The molecule has 24 nitrogen and oxygen atoms in total. The second-order valence-corrected chi connectivity index (χ2v) is 54.2. The van der Waals surface area contributed by atoms with Crippen molar-refractivity contribution >= 4 is 235 Å². The molecule has 13 aromatic rings. The Hall–Kier alpha value is -5.88. The molecule has 0 spiro atoms. The van der Waals surface area contributed by atoms with E-state index in [1.54, 1.807) is 70.6 Å². The zero-order valence-corrected chi connectivity index (χ0v) is 94.5. The van der Waals surface area contributed by atoms with E-state index in [0.717, 1.165) is 210 Å². The van der Waals surface area contributed by atoms with Crippen molar-refractivity contribution < 1.29 is 0 Å². The molecular weight excluding hydrogens is 2020 g/mol. The van der Waals surface area contributed by atoms with Crippen LogP contribution in [0.2, 0.25) is 0 Å². The van der Waals surface area contributed by atoms with Gasteiger partial charge in [0.2, 0.25) is 0 Å². The number of nitrogens with zero attached hydrogens (tertiary/aromatic N) is 18. The van der Waals surface area contributed by atoms with Crippen LogP contribution in [0.25, 0.3) is 61.3 Å². The first-order chi connectivity index (χ1) is 70.6. The maximum atomic E-state index is 6.40. The molecule has 144 heavy (non-hydrogen) atoms. The fourth-order valence-electron chi connectivity index (χ4n) is 23.3. The first-order valence-corrected chi connectivity index (χ1v) is 65.1. The van der Waals surface area contributed by atoms with Gasteiger partial charge in [-0.25, -0.2) is 59.8 Å². The molecule has 1 aromatic carbocycles. The summed E-state index contributed by atoms with van der Waals surface area (Å²) in [6.07, 6.45) is 47.0. The third-order valence-electron chi connectivity index (χ3n) is 31.0. The van der Waals surface area contributed by atoms with E-state index in [-0.39, 0.29) is 0 Å². The van der Waals surface area contributed by atoms with Crippen LogP contribution in [0.4, 0.5) is 34.9 Å². The van der Waals surface area contributed by atoms with Gasteiger partial charge in [0.05, 0.1) is 32.3 Å². The normalized spacial score (nSPS) is 20.2. The Bertz CT molecular complexity index is 6440. The van der Waals surface area contributed by atoms with Crippen molar-refractivity contribution in [3.8, 4) is 0 Å². The lowest BCUT2D eigenvalue weighted by molar-refractivity contribution is 0.242. The standard InChI is InChI=1S/C22H26N4S2.2C18H26N4S2.2C17H24N4S2.C16H22N4S2/c23-20-19-17-9-8-16(15-6-2-1-3-7-15)14-18(17)28-21(19)25-22(24-20)27-13-12-26-10-4-5-11-26;1-12-6-5-7-13-14(12)15-16(19)20-18(21-17(15)24-13)23-11-10-22-8-3-2-4-9-22;1-12-5-6-13-14(11-12)24-17-15(13)16(19)20-18(21-17)23-10-9-22-7-3-2-4-8-22;18-15-14-12-6-2-3-7-13(12)23-16(14)20-17(19-15)22-11-10-21-8-4-1-5-9-21;18-15-14-12-6-2-1-3-7-13(12)23-16(14)20-17(19-15)22-11-10-21-8-4-5-9-21;17-14-13-11-5-4-6-12(11)22-15(13)19-16(18-14)21-10-9-20-7-2-1-3-8-20/h1-3,6-7,16H,4-5,8-14H2,(H2,23,24,25);2*12H,2-11H2,1H3,(H2,19,20,21);2*1-11H2,(H2,18,19,20);1-10H2,(H2,17,18,19). The molecular formula is C108H148N24S12. The number of rotatable bonds is 25. The van der Waals surface area contributed by atoms with Gasteiger partial charge in [-0.05, 0) is 341 Å². The second kappa shape index (κ2) is 51.5. The second-order valence-electron chi connectivity index (χ2n) is 41.3. The summed E-state index contributed by atoms with van der Waals surface area (Å²) < 4.78 is 0. The molecule has 0 radical (unpaired) electrons. The number of aromatic nitrogens is 12. The lowest BCUT2D eigenvalue weighted by atomic mass is 9.83. The van der Waals surface area contributed by atoms with Crippen LogP contribution < -0.4 is 34.4 Å². The Morgan fingerprint density at radius 2 is 0.521 bits per heavy atom. The first kappa shape index (κ1) is 105. The predicted octanol–water partition coefficient (Wildman–Crippen LogP) is 23.8. The minimum atomic E-state index is 0.589. The van der Waals surface area contributed by atoms with Crippen molar-refractivity contribution in [1.82, 2.24) is 89.2 Å². The monoisotopic (exact) mass is 2160 g/mol. The molecule has 18 heterocycles. The van der Waals surface area contributed by atoms with Crippen molar-refractivity contribution in [2.24, 2.45) is 5.92 Å². The van der Waals surface area contributed by atoms with Crippen LogP contribution in [0.15, 0.2) is 61.3 Å². The predicted molar refractivity (Wildman–Crippen MR) is 621 cm³/mol. The zero-order chi connectivity index (χ0) is 98.2. The van der Waals surface area contributed by atoms with E-state index in [9.17, 15) is 0 Å². The molecule has 12 aliphatic rings. The van der Waals surface area contributed by atoms with Gasteiger partial charge in [0.25, 0.3) is 0 Å². The van der Waals surface area contributed by atoms with E-state index >= 15 is 0 Å². The zero-order valence-electron chi connectivity index (χ0n) is 84.7. The number of nitrogen functional groups attached to an aromatic ring is 6. The van der Waals surface area contributed by atoms with Crippen LogP contribution in [0.5, 0.6) is 0 Å². The Labute approximate surface area is 901 Å². The molecule has 3 unspecified atom stereocenters. The fourth-order valence-corrected chi connectivity index (χ4v) is 36.6. The van der Waals surface area contributed by atoms with E-state index in [0.29, 0.717) is 46.7 Å². The van der Waals surface area contributed by atoms with Crippen LogP contribution in [-0.2, 0) is 70.6 Å². The highest BCUT2D eigenvalue weighted by molar-refractivity contribution is 8.00. The van der Waals surface area contributed by atoms with Gasteiger partial charge in [-0.1, -0.05) is 147 Å². The van der Waals surface area contributed by atoms with E-state index in [2.05, 4.69) is 103 Å². The van der Waals surface area contributed by atoms with Crippen molar-refractivity contribution in [2.75, 3.05) is 187 Å². The quantitative estimate of drug-likeness (QED) is 0.0176. The van der Waals surface area contributed by atoms with Crippen molar-refractivity contribution in [3.05, 3.63) is 98.5 Å². The third-order valence-corrected chi connectivity index (χ3v) is 43.0. The Kier molecular flexibility index (Phi) is 37.6. The number of thioether (sulfide) groups is 6. The minimum absolute atomic E-state index is 0.589. The first-order valence-electron chi connectivity index (χ1n) is 54.3. The lowest BCUT2D eigenvalue weighted by Gasteiger charge is -2.25.